The van der Waals surface area contributed by atoms with Gasteiger partial charge < -0.3 is 10.1 Å². The number of hydrogen-bond acceptors (Lipinski definition) is 2. The van der Waals surface area contributed by atoms with Crippen LogP contribution in [0.25, 0.3) is 0 Å². The predicted octanol–water partition coefficient (Wildman–Crippen LogP) is 2.40. The molecule has 0 aliphatic rings. The van der Waals surface area contributed by atoms with Crippen molar-refractivity contribution in [3.63, 3.8) is 0 Å². The van der Waals surface area contributed by atoms with E-state index in [1.165, 1.54) is 31.4 Å². The van der Waals surface area contributed by atoms with Crippen LogP contribution in [-0.2, 0) is 5.92 Å². The van der Waals surface area contributed by atoms with Crippen LogP contribution in [-0.4, -0.2) is 20.2 Å². The topological polar surface area (TPSA) is 21.3 Å². The van der Waals surface area contributed by atoms with E-state index in [9.17, 15) is 8.78 Å². The summed E-state index contributed by atoms with van der Waals surface area (Å²) in [4.78, 5) is 0. The van der Waals surface area contributed by atoms with E-state index in [1.807, 2.05) is 0 Å². The van der Waals surface area contributed by atoms with E-state index in [0.29, 0.717) is 12.3 Å². The summed E-state index contributed by atoms with van der Waals surface area (Å²) in [5, 5.41) is 2.63. The average Bonchev–Trinajstić information content (AvgIpc) is 2.26. The molecular formula is C11H15F2NO. The standard InChI is InChI=1S/C11H15F2NO/c1-3-14-8-11(12,13)9-4-6-10(15-2)7-5-9/h4-7,14H,3,8H2,1-2H3. The third-order valence-electron chi connectivity index (χ3n) is 2.11. The molecule has 1 rings (SSSR count). The Kier molecular flexibility index (Phi) is 4.03. The molecular weight excluding hydrogens is 200 g/mol. The molecule has 0 bridgehead atoms. The molecule has 4 heteroatoms. The van der Waals surface area contributed by atoms with Gasteiger partial charge in [-0.3, -0.25) is 0 Å². The van der Waals surface area contributed by atoms with Gasteiger partial charge in [0.15, 0.2) is 0 Å². The first kappa shape index (κ1) is 11.9. The number of halogens is 2. The van der Waals surface area contributed by atoms with E-state index in [4.69, 9.17) is 4.74 Å². The maximum atomic E-state index is 13.5. The fourth-order valence-corrected chi connectivity index (χ4v) is 1.22. The number of methoxy groups -OCH3 is 1. The molecule has 1 aromatic carbocycles. The molecule has 1 N–H and O–H groups in total. The molecule has 0 atom stereocenters. The second-order valence-corrected chi connectivity index (χ2v) is 3.21. The van der Waals surface area contributed by atoms with Crippen molar-refractivity contribution in [1.82, 2.24) is 5.32 Å². The molecule has 0 aliphatic heterocycles. The van der Waals surface area contributed by atoms with E-state index in [1.54, 1.807) is 6.92 Å². The van der Waals surface area contributed by atoms with Crippen LogP contribution in [0.2, 0.25) is 0 Å². The van der Waals surface area contributed by atoms with Crippen molar-refractivity contribution < 1.29 is 13.5 Å². The van der Waals surface area contributed by atoms with Crippen LogP contribution in [0.3, 0.4) is 0 Å². The molecule has 0 unspecified atom stereocenters. The summed E-state index contributed by atoms with van der Waals surface area (Å²) in [6, 6.07) is 5.84. The summed E-state index contributed by atoms with van der Waals surface area (Å²) in [6.07, 6.45) is 0. The molecule has 0 heterocycles. The van der Waals surface area contributed by atoms with E-state index >= 15 is 0 Å². The molecule has 2 nitrogen and oxygen atoms in total. The Morgan fingerprint density at radius 3 is 2.33 bits per heavy atom. The van der Waals surface area contributed by atoms with E-state index in [-0.39, 0.29) is 12.1 Å². The molecule has 15 heavy (non-hydrogen) atoms. The molecule has 0 amide bonds. The Labute approximate surface area is 88.3 Å². The predicted molar refractivity (Wildman–Crippen MR) is 55.4 cm³/mol. The molecule has 0 radical (unpaired) electrons. The highest BCUT2D eigenvalue weighted by atomic mass is 19.3. The van der Waals surface area contributed by atoms with Crippen molar-refractivity contribution in [3.05, 3.63) is 29.8 Å². The quantitative estimate of drug-likeness (QED) is 0.814. The number of rotatable bonds is 5. The first-order valence-electron chi connectivity index (χ1n) is 4.83. The highest BCUT2D eigenvalue weighted by molar-refractivity contribution is 5.29. The summed E-state index contributed by atoms with van der Waals surface area (Å²) in [5.41, 5.74) is 0.00394. The minimum atomic E-state index is -2.83. The van der Waals surface area contributed by atoms with Gasteiger partial charge >= 0.3 is 0 Å². The van der Waals surface area contributed by atoms with Crippen molar-refractivity contribution in [1.29, 1.82) is 0 Å². The van der Waals surface area contributed by atoms with Crippen LogP contribution in [0.4, 0.5) is 8.78 Å². The lowest BCUT2D eigenvalue weighted by Crippen LogP contribution is -2.30. The SMILES string of the molecule is CCNCC(F)(F)c1ccc(OC)cc1. The fourth-order valence-electron chi connectivity index (χ4n) is 1.22. The average molecular weight is 215 g/mol. The minimum Gasteiger partial charge on any atom is -0.497 e. The lowest BCUT2D eigenvalue weighted by atomic mass is 10.1. The molecule has 0 aromatic heterocycles. The van der Waals surface area contributed by atoms with Gasteiger partial charge in [-0.15, -0.1) is 0 Å². The monoisotopic (exact) mass is 215 g/mol. The molecule has 0 fully saturated rings. The summed E-state index contributed by atoms with van der Waals surface area (Å²) in [6.45, 7) is 1.99. The number of alkyl halides is 2. The third-order valence-corrected chi connectivity index (χ3v) is 2.11. The third kappa shape index (κ3) is 3.16. The Balaban J connectivity index is 2.75. The zero-order chi connectivity index (χ0) is 11.3. The smallest absolute Gasteiger partial charge is 0.285 e. The van der Waals surface area contributed by atoms with Gasteiger partial charge in [-0.1, -0.05) is 6.92 Å². The van der Waals surface area contributed by atoms with Gasteiger partial charge in [-0.25, -0.2) is 0 Å². The largest absolute Gasteiger partial charge is 0.497 e. The Bertz CT molecular complexity index is 298. The summed E-state index contributed by atoms with van der Waals surface area (Å²) < 4.78 is 31.9. The summed E-state index contributed by atoms with van der Waals surface area (Å²) in [5.74, 6) is -2.25. The van der Waals surface area contributed by atoms with Crippen LogP contribution < -0.4 is 10.1 Å². The van der Waals surface area contributed by atoms with Gasteiger partial charge in [0.25, 0.3) is 5.92 Å². The maximum absolute atomic E-state index is 13.5. The van der Waals surface area contributed by atoms with Gasteiger partial charge in [0.2, 0.25) is 0 Å². The number of hydrogen-bond donors (Lipinski definition) is 1. The highest BCUT2D eigenvalue weighted by Crippen LogP contribution is 2.28. The van der Waals surface area contributed by atoms with Crippen molar-refractivity contribution in [3.8, 4) is 5.75 Å². The molecule has 84 valence electrons. The van der Waals surface area contributed by atoms with Gasteiger partial charge in [-0.05, 0) is 30.8 Å². The molecule has 1 aromatic rings. The summed E-state index contributed by atoms with van der Waals surface area (Å²) >= 11 is 0. The van der Waals surface area contributed by atoms with Crippen LogP contribution in [0.1, 0.15) is 12.5 Å². The van der Waals surface area contributed by atoms with Crippen molar-refractivity contribution >= 4 is 0 Å². The number of ether oxygens (including phenoxy) is 1. The number of nitrogens with one attached hydrogen (secondary N) is 1. The van der Waals surface area contributed by atoms with Crippen molar-refractivity contribution in [2.45, 2.75) is 12.8 Å². The molecule has 0 spiro atoms. The Morgan fingerprint density at radius 1 is 1.27 bits per heavy atom. The first-order valence-corrected chi connectivity index (χ1v) is 4.83. The molecule has 0 saturated carbocycles. The van der Waals surface area contributed by atoms with Gasteiger partial charge in [0.1, 0.15) is 5.75 Å². The number of likely N-dealkylation sites (N-methyl/N-ethyl adjacent to an activating group) is 1. The zero-order valence-corrected chi connectivity index (χ0v) is 8.89. The fraction of sp³-hybridized carbons (Fsp3) is 0.455. The zero-order valence-electron chi connectivity index (χ0n) is 8.89. The minimum absolute atomic E-state index is 0.00394. The van der Waals surface area contributed by atoms with Gasteiger partial charge in [0, 0.05) is 5.56 Å². The van der Waals surface area contributed by atoms with Crippen LogP contribution in [0.15, 0.2) is 24.3 Å². The van der Waals surface area contributed by atoms with Crippen molar-refractivity contribution in [2.24, 2.45) is 0 Å². The first-order chi connectivity index (χ1) is 7.10. The van der Waals surface area contributed by atoms with Crippen LogP contribution in [0.5, 0.6) is 5.75 Å². The lowest BCUT2D eigenvalue weighted by molar-refractivity contribution is -0.00263. The normalized spacial score (nSPS) is 11.5. The summed E-state index contributed by atoms with van der Waals surface area (Å²) in [7, 11) is 1.51. The molecule has 0 aliphatic carbocycles. The Hall–Kier alpha value is -1.16. The number of benzene rings is 1. The lowest BCUT2D eigenvalue weighted by Gasteiger charge is -2.17. The second kappa shape index (κ2) is 5.07. The maximum Gasteiger partial charge on any atom is 0.285 e. The van der Waals surface area contributed by atoms with Gasteiger partial charge in [-0.2, -0.15) is 8.78 Å². The molecule has 0 saturated heterocycles. The van der Waals surface area contributed by atoms with Crippen LogP contribution in [0, 0.1) is 0 Å². The second-order valence-electron chi connectivity index (χ2n) is 3.21. The van der Waals surface area contributed by atoms with E-state index in [2.05, 4.69) is 5.32 Å². The van der Waals surface area contributed by atoms with Gasteiger partial charge in [0.05, 0.1) is 13.7 Å². The van der Waals surface area contributed by atoms with Crippen LogP contribution >= 0.6 is 0 Å². The van der Waals surface area contributed by atoms with E-state index in [0.717, 1.165) is 0 Å². The van der Waals surface area contributed by atoms with Crippen molar-refractivity contribution in [2.75, 3.05) is 20.2 Å². The highest BCUT2D eigenvalue weighted by Gasteiger charge is 2.30. The Morgan fingerprint density at radius 2 is 1.87 bits per heavy atom. The van der Waals surface area contributed by atoms with E-state index < -0.39 is 5.92 Å².